The van der Waals surface area contributed by atoms with E-state index in [1.54, 1.807) is 24.3 Å². The zero-order valence-corrected chi connectivity index (χ0v) is 20.8. The van der Waals surface area contributed by atoms with E-state index < -0.39 is 28.8 Å². The van der Waals surface area contributed by atoms with Crippen molar-refractivity contribution >= 4 is 52.1 Å². The Kier molecular flexibility index (Phi) is 9.40. The van der Waals surface area contributed by atoms with Gasteiger partial charge < -0.3 is 25.8 Å². The van der Waals surface area contributed by atoms with Gasteiger partial charge in [-0.1, -0.05) is 35.3 Å². The number of hydrogen-bond donors (Lipinski definition) is 4. The van der Waals surface area contributed by atoms with Gasteiger partial charge in [0.1, 0.15) is 11.4 Å². The van der Waals surface area contributed by atoms with Gasteiger partial charge in [0.05, 0.1) is 28.1 Å². The Morgan fingerprint density at radius 3 is 2.31 bits per heavy atom. The third-order valence-corrected chi connectivity index (χ3v) is 5.80. The van der Waals surface area contributed by atoms with Crippen molar-refractivity contribution in [1.82, 2.24) is 4.98 Å². The lowest BCUT2D eigenvalue weighted by Gasteiger charge is -2.22. The highest BCUT2D eigenvalue weighted by molar-refractivity contribution is 6.40. The number of pyridine rings is 1. The average molecular weight is 535 g/mol. The molecule has 0 fully saturated rings. The van der Waals surface area contributed by atoms with Gasteiger partial charge in [0.15, 0.2) is 0 Å². The van der Waals surface area contributed by atoms with E-state index >= 15 is 0 Å². The first kappa shape index (κ1) is 27.1. The molecule has 0 bridgehead atoms. The molecule has 0 saturated heterocycles. The summed E-state index contributed by atoms with van der Waals surface area (Å²) < 4.78 is 5.25. The van der Waals surface area contributed by atoms with Crippen molar-refractivity contribution in [2.75, 3.05) is 35.7 Å². The molecule has 10 nitrogen and oxygen atoms in total. The molecule has 0 aliphatic heterocycles. The Morgan fingerprint density at radius 1 is 1.06 bits per heavy atom. The van der Waals surface area contributed by atoms with E-state index in [9.17, 15) is 24.3 Å². The van der Waals surface area contributed by atoms with E-state index in [-0.39, 0.29) is 33.4 Å². The number of carbonyl (C=O) groups excluding carboxylic acids is 1. The quantitative estimate of drug-likeness (QED) is 0.190. The number of benzene rings is 1. The maximum Gasteiger partial charge on any atom is 0.305 e. The van der Waals surface area contributed by atoms with E-state index in [1.165, 1.54) is 12.4 Å². The van der Waals surface area contributed by atoms with Crippen LogP contribution in [0.2, 0.25) is 10.0 Å². The number of carboxylic acid groups (broad SMARTS) is 1. The predicted octanol–water partition coefficient (Wildman–Crippen LogP) is 3.70. The molecule has 12 heteroatoms. The lowest BCUT2D eigenvalue weighted by Crippen LogP contribution is -2.38. The average Bonchev–Trinajstić information content (AvgIpc) is 2.84. The van der Waals surface area contributed by atoms with Crippen LogP contribution in [0.5, 0.6) is 0 Å². The molecular weight excluding hydrogens is 511 g/mol. The van der Waals surface area contributed by atoms with E-state index in [1.807, 2.05) is 6.92 Å². The molecule has 2 aromatic carbocycles. The summed E-state index contributed by atoms with van der Waals surface area (Å²) in [6.07, 6.45) is 2.89. The number of aliphatic carboxylic acids is 1. The molecule has 1 aromatic heterocycles. The Hall–Kier alpha value is -3.47. The van der Waals surface area contributed by atoms with Crippen LogP contribution in [0.1, 0.15) is 41.7 Å². The fraction of sp³-hybridized carbons (Fsp3) is 0.292. The van der Waals surface area contributed by atoms with Crippen LogP contribution in [0.25, 0.3) is 0 Å². The second-order valence-corrected chi connectivity index (χ2v) is 8.55. The number of aromatic nitrogens is 1. The standard InChI is InChI=1S/C24H24Cl2N4O6/c1-2-36-9-3-8-28-20-21(23(34)22(20)33)30-17(10-18(31)32)13-4-6-14(7-5-13)29-24(35)19-15(25)11-27-12-16(19)26/h4-7,11-12,17,28,30H,2-3,8-10H2,1H3,(H,29,35)(H,31,32)/t17-/m0/s1. The molecule has 4 N–H and O–H groups in total. The smallest absolute Gasteiger partial charge is 0.305 e. The number of ether oxygens (including phenoxy) is 1. The number of carbonyl (C=O) groups is 2. The number of nitrogens with one attached hydrogen (secondary N) is 3. The van der Waals surface area contributed by atoms with Gasteiger partial charge in [-0.2, -0.15) is 0 Å². The first-order chi connectivity index (χ1) is 17.2. The lowest BCUT2D eigenvalue weighted by molar-refractivity contribution is -0.137. The highest BCUT2D eigenvalue weighted by atomic mass is 35.5. The molecule has 3 aromatic rings. The number of anilines is 3. The summed E-state index contributed by atoms with van der Waals surface area (Å²) in [4.78, 5) is 52.1. The van der Waals surface area contributed by atoms with Gasteiger partial charge in [0.2, 0.25) is 0 Å². The number of halogens is 2. The van der Waals surface area contributed by atoms with Crippen molar-refractivity contribution in [3.05, 3.63) is 78.3 Å². The minimum Gasteiger partial charge on any atom is -0.481 e. The van der Waals surface area contributed by atoms with Crippen molar-refractivity contribution in [2.45, 2.75) is 25.8 Å². The van der Waals surface area contributed by atoms with Gasteiger partial charge in [-0.25, -0.2) is 0 Å². The zero-order chi connectivity index (χ0) is 26.2. The van der Waals surface area contributed by atoms with Crippen molar-refractivity contribution in [1.29, 1.82) is 0 Å². The Morgan fingerprint density at radius 2 is 1.69 bits per heavy atom. The maximum absolute atomic E-state index is 12.6. The van der Waals surface area contributed by atoms with Gasteiger partial charge in [0.25, 0.3) is 16.8 Å². The molecule has 0 radical (unpaired) electrons. The molecule has 1 amide bonds. The molecule has 0 aliphatic rings. The van der Waals surface area contributed by atoms with Crippen LogP contribution in [0, 0.1) is 0 Å². The van der Waals surface area contributed by atoms with Crippen molar-refractivity contribution in [2.24, 2.45) is 0 Å². The third-order valence-electron chi connectivity index (χ3n) is 5.23. The van der Waals surface area contributed by atoms with Gasteiger partial charge in [-0.05, 0) is 31.0 Å². The Balaban J connectivity index is 1.73. The van der Waals surface area contributed by atoms with Crippen LogP contribution in [0.4, 0.5) is 17.1 Å². The van der Waals surface area contributed by atoms with Crippen molar-refractivity contribution in [3.8, 4) is 0 Å². The molecule has 36 heavy (non-hydrogen) atoms. The van der Waals surface area contributed by atoms with Crippen LogP contribution in [0.3, 0.4) is 0 Å². The van der Waals surface area contributed by atoms with E-state index in [4.69, 9.17) is 27.9 Å². The zero-order valence-electron chi connectivity index (χ0n) is 19.3. The summed E-state index contributed by atoms with van der Waals surface area (Å²) >= 11 is 12.0. The normalized spacial score (nSPS) is 11.8. The summed E-state index contributed by atoms with van der Waals surface area (Å²) in [5.41, 5.74) is -0.187. The maximum atomic E-state index is 12.6. The van der Waals surface area contributed by atoms with Crippen LogP contribution in [-0.2, 0) is 9.53 Å². The molecular formula is C24H24Cl2N4O6. The molecule has 0 unspecified atom stereocenters. The fourth-order valence-corrected chi connectivity index (χ4v) is 3.99. The minimum atomic E-state index is -1.10. The number of hydrogen-bond acceptors (Lipinski definition) is 8. The monoisotopic (exact) mass is 534 g/mol. The second kappa shape index (κ2) is 12.5. The highest BCUT2D eigenvalue weighted by Crippen LogP contribution is 2.28. The van der Waals surface area contributed by atoms with Gasteiger partial charge >= 0.3 is 5.97 Å². The summed E-state index contributed by atoms with van der Waals surface area (Å²) in [6, 6.07) is 5.55. The van der Waals surface area contributed by atoms with Crippen LogP contribution >= 0.6 is 23.2 Å². The summed E-state index contributed by atoms with van der Waals surface area (Å²) in [6.45, 7) is 3.38. The predicted molar refractivity (Wildman–Crippen MR) is 138 cm³/mol. The summed E-state index contributed by atoms with van der Waals surface area (Å²) in [7, 11) is 0. The Bertz CT molecular complexity index is 1290. The number of amides is 1. The molecule has 190 valence electrons. The summed E-state index contributed by atoms with van der Waals surface area (Å²) in [5.74, 6) is -1.64. The van der Waals surface area contributed by atoms with Crippen LogP contribution in [-0.4, -0.2) is 41.7 Å². The largest absolute Gasteiger partial charge is 0.481 e. The fourth-order valence-electron chi connectivity index (χ4n) is 3.45. The molecule has 3 rings (SSSR count). The SMILES string of the molecule is CCOCCCNc1c(N[C@@H](CC(=O)O)c2ccc(NC(=O)c3c(Cl)cncc3Cl)cc2)c(=O)c1=O. The van der Waals surface area contributed by atoms with E-state index in [0.717, 1.165) is 0 Å². The van der Waals surface area contributed by atoms with E-state index in [0.29, 0.717) is 37.4 Å². The third kappa shape index (κ3) is 6.60. The molecule has 1 atom stereocenters. The first-order valence-corrected chi connectivity index (χ1v) is 11.8. The summed E-state index contributed by atoms with van der Waals surface area (Å²) in [5, 5.41) is 18.0. The number of carboxylic acids is 1. The second-order valence-electron chi connectivity index (χ2n) is 7.73. The van der Waals surface area contributed by atoms with Gasteiger partial charge in [-0.15, -0.1) is 0 Å². The first-order valence-electron chi connectivity index (χ1n) is 11.1. The minimum absolute atomic E-state index is 0.0435. The molecule has 0 aliphatic carbocycles. The van der Waals surface area contributed by atoms with Crippen molar-refractivity contribution < 1.29 is 19.4 Å². The van der Waals surface area contributed by atoms with Gasteiger partial charge in [0, 0.05) is 37.8 Å². The molecule has 1 heterocycles. The number of rotatable bonds is 13. The van der Waals surface area contributed by atoms with Crippen LogP contribution < -0.4 is 26.8 Å². The van der Waals surface area contributed by atoms with Crippen molar-refractivity contribution in [3.63, 3.8) is 0 Å². The topological polar surface area (TPSA) is 147 Å². The molecule has 0 saturated carbocycles. The van der Waals surface area contributed by atoms with Crippen LogP contribution in [0.15, 0.2) is 46.2 Å². The number of nitrogens with zero attached hydrogens (tertiary/aromatic N) is 1. The highest BCUT2D eigenvalue weighted by Gasteiger charge is 2.25. The molecule has 0 spiro atoms. The Labute approximate surface area is 216 Å². The van der Waals surface area contributed by atoms with Gasteiger partial charge in [-0.3, -0.25) is 24.2 Å². The van der Waals surface area contributed by atoms with E-state index in [2.05, 4.69) is 20.9 Å². The lowest BCUT2D eigenvalue weighted by atomic mass is 10.0.